The van der Waals surface area contributed by atoms with Crippen LogP contribution >= 0.6 is 0 Å². The fourth-order valence-electron chi connectivity index (χ4n) is 2.84. The first kappa shape index (κ1) is 19.0. The monoisotopic (exact) mass is 398 g/mol. The van der Waals surface area contributed by atoms with Crippen molar-refractivity contribution in [2.24, 2.45) is 0 Å². The van der Waals surface area contributed by atoms with E-state index < -0.39 is 25.9 Å². The number of hydrogen-bond acceptors (Lipinski definition) is 4. The first-order chi connectivity index (χ1) is 12.1. The summed E-state index contributed by atoms with van der Waals surface area (Å²) < 4.78 is 65.6. The van der Waals surface area contributed by atoms with E-state index in [1.165, 1.54) is 42.7 Å². The van der Waals surface area contributed by atoms with Crippen LogP contribution in [-0.2, 0) is 33.0 Å². The predicted molar refractivity (Wildman–Crippen MR) is 95.0 cm³/mol. The Morgan fingerprint density at radius 1 is 0.923 bits per heavy atom. The van der Waals surface area contributed by atoms with E-state index in [-0.39, 0.29) is 22.9 Å². The van der Waals surface area contributed by atoms with Crippen molar-refractivity contribution in [3.05, 3.63) is 59.4 Å². The van der Waals surface area contributed by atoms with Crippen LogP contribution in [0.4, 0.5) is 4.39 Å². The highest BCUT2D eigenvalue weighted by atomic mass is 32.2. The Balaban J connectivity index is 1.95. The van der Waals surface area contributed by atoms with Crippen LogP contribution in [0.1, 0.15) is 11.1 Å². The molecule has 0 aromatic heterocycles. The van der Waals surface area contributed by atoms with E-state index in [4.69, 9.17) is 0 Å². The van der Waals surface area contributed by atoms with Gasteiger partial charge in [0.15, 0.2) is 0 Å². The average molecular weight is 398 g/mol. The number of halogens is 1. The van der Waals surface area contributed by atoms with Crippen LogP contribution in [0.15, 0.2) is 52.3 Å². The molecule has 1 heterocycles. The second-order valence-corrected chi connectivity index (χ2v) is 10.4. The molecule has 9 heteroatoms. The third kappa shape index (κ3) is 3.39. The SMILES string of the molecule is CN(C)S(=O)(=O)c1ccc2c(c1)CN(S(=O)(=O)c1ccc(F)cc1)CC2. The van der Waals surface area contributed by atoms with Gasteiger partial charge in [-0.05, 0) is 53.9 Å². The Morgan fingerprint density at radius 2 is 1.54 bits per heavy atom. The van der Waals surface area contributed by atoms with Crippen LogP contribution in [0.5, 0.6) is 0 Å². The van der Waals surface area contributed by atoms with Crippen molar-refractivity contribution in [1.82, 2.24) is 8.61 Å². The molecular weight excluding hydrogens is 379 g/mol. The topological polar surface area (TPSA) is 74.8 Å². The lowest BCUT2D eigenvalue weighted by atomic mass is 10.0. The van der Waals surface area contributed by atoms with Gasteiger partial charge in [-0.3, -0.25) is 0 Å². The van der Waals surface area contributed by atoms with Gasteiger partial charge in [-0.15, -0.1) is 0 Å². The van der Waals surface area contributed by atoms with E-state index >= 15 is 0 Å². The first-order valence-corrected chi connectivity index (χ1v) is 10.8. The Labute approximate surface area is 153 Å². The minimum Gasteiger partial charge on any atom is -0.207 e. The van der Waals surface area contributed by atoms with E-state index in [0.29, 0.717) is 12.0 Å². The van der Waals surface area contributed by atoms with Gasteiger partial charge in [-0.25, -0.2) is 25.5 Å². The van der Waals surface area contributed by atoms with Crippen molar-refractivity contribution >= 4 is 20.0 Å². The molecule has 0 aliphatic carbocycles. The van der Waals surface area contributed by atoms with Gasteiger partial charge in [0.25, 0.3) is 0 Å². The standard InChI is InChI=1S/C17H19FN2O4S2/c1-19(2)25(21,22)17-6-3-13-9-10-20(12-14(13)11-17)26(23,24)16-7-4-15(18)5-8-16/h3-8,11H,9-10,12H2,1-2H3. The molecule has 0 radical (unpaired) electrons. The van der Waals surface area contributed by atoms with E-state index in [1.54, 1.807) is 6.07 Å². The molecule has 0 spiro atoms. The molecule has 1 aliphatic rings. The average Bonchev–Trinajstić information content (AvgIpc) is 2.61. The second kappa shape index (κ2) is 6.73. The molecule has 0 amide bonds. The van der Waals surface area contributed by atoms with Gasteiger partial charge in [0.1, 0.15) is 5.82 Å². The highest BCUT2D eigenvalue weighted by molar-refractivity contribution is 7.89. The summed E-state index contributed by atoms with van der Waals surface area (Å²) in [4.78, 5) is 0.140. The molecule has 3 rings (SSSR count). The normalized spacial score (nSPS) is 15.8. The van der Waals surface area contributed by atoms with Crippen LogP contribution in [0.3, 0.4) is 0 Å². The van der Waals surface area contributed by atoms with E-state index in [1.807, 2.05) is 0 Å². The highest BCUT2D eigenvalue weighted by Crippen LogP contribution is 2.27. The fraction of sp³-hybridized carbons (Fsp3) is 0.294. The smallest absolute Gasteiger partial charge is 0.207 e. The van der Waals surface area contributed by atoms with E-state index in [2.05, 4.69) is 0 Å². The summed E-state index contributed by atoms with van der Waals surface area (Å²) in [5.74, 6) is -0.508. The molecule has 140 valence electrons. The molecule has 26 heavy (non-hydrogen) atoms. The number of nitrogens with zero attached hydrogens (tertiary/aromatic N) is 2. The molecule has 0 fully saturated rings. The maximum absolute atomic E-state index is 13.1. The fourth-order valence-corrected chi connectivity index (χ4v) is 5.21. The zero-order valence-corrected chi connectivity index (χ0v) is 16.0. The third-order valence-electron chi connectivity index (χ3n) is 4.38. The van der Waals surface area contributed by atoms with Crippen molar-refractivity contribution in [2.45, 2.75) is 22.8 Å². The lowest BCUT2D eigenvalue weighted by molar-refractivity contribution is 0.390. The summed E-state index contributed by atoms with van der Waals surface area (Å²) in [5.41, 5.74) is 1.58. The molecule has 0 unspecified atom stereocenters. The summed E-state index contributed by atoms with van der Waals surface area (Å²) in [7, 11) is -4.49. The summed E-state index contributed by atoms with van der Waals surface area (Å²) >= 11 is 0. The summed E-state index contributed by atoms with van der Waals surface area (Å²) in [6, 6.07) is 9.46. The van der Waals surface area contributed by atoms with Gasteiger partial charge in [0.2, 0.25) is 20.0 Å². The van der Waals surface area contributed by atoms with Crippen molar-refractivity contribution in [3.8, 4) is 0 Å². The van der Waals surface area contributed by atoms with E-state index in [9.17, 15) is 21.2 Å². The predicted octanol–water partition coefficient (Wildman–Crippen LogP) is 1.82. The van der Waals surface area contributed by atoms with Gasteiger partial charge in [0.05, 0.1) is 9.79 Å². The van der Waals surface area contributed by atoms with Crippen LogP contribution in [0.25, 0.3) is 0 Å². The zero-order chi connectivity index (χ0) is 19.1. The van der Waals surface area contributed by atoms with Gasteiger partial charge in [-0.1, -0.05) is 6.07 Å². The Kier molecular flexibility index (Phi) is 4.91. The number of fused-ring (bicyclic) bond motifs is 1. The van der Waals surface area contributed by atoms with Crippen molar-refractivity contribution < 1.29 is 21.2 Å². The van der Waals surface area contributed by atoms with Gasteiger partial charge >= 0.3 is 0 Å². The van der Waals surface area contributed by atoms with Crippen molar-refractivity contribution in [2.75, 3.05) is 20.6 Å². The lowest BCUT2D eigenvalue weighted by Gasteiger charge is -2.28. The quantitative estimate of drug-likeness (QED) is 0.787. The Bertz CT molecular complexity index is 1030. The lowest BCUT2D eigenvalue weighted by Crippen LogP contribution is -2.36. The minimum absolute atomic E-state index is 0.0133. The van der Waals surface area contributed by atoms with Crippen LogP contribution < -0.4 is 0 Å². The Morgan fingerprint density at radius 3 is 2.15 bits per heavy atom. The van der Waals surface area contributed by atoms with Crippen molar-refractivity contribution in [1.29, 1.82) is 0 Å². The van der Waals surface area contributed by atoms with Crippen LogP contribution in [0, 0.1) is 5.82 Å². The molecule has 2 aromatic rings. The minimum atomic E-state index is -3.78. The molecule has 2 aromatic carbocycles. The molecule has 0 N–H and O–H groups in total. The zero-order valence-electron chi connectivity index (χ0n) is 14.4. The second-order valence-electron chi connectivity index (χ2n) is 6.26. The molecule has 0 bridgehead atoms. The third-order valence-corrected chi connectivity index (χ3v) is 8.06. The maximum atomic E-state index is 13.1. The molecule has 6 nitrogen and oxygen atoms in total. The van der Waals surface area contributed by atoms with Gasteiger partial charge in [-0.2, -0.15) is 4.31 Å². The molecular formula is C17H19FN2O4S2. The number of rotatable bonds is 4. The highest BCUT2D eigenvalue weighted by Gasteiger charge is 2.29. The Hall–Kier alpha value is -1.81. The summed E-state index contributed by atoms with van der Waals surface area (Å²) in [6.07, 6.45) is 0.484. The molecule has 1 aliphatic heterocycles. The molecule has 0 saturated carbocycles. The largest absolute Gasteiger partial charge is 0.243 e. The molecule has 0 atom stereocenters. The van der Waals surface area contributed by atoms with E-state index in [0.717, 1.165) is 22.0 Å². The van der Waals surface area contributed by atoms with Gasteiger partial charge < -0.3 is 0 Å². The van der Waals surface area contributed by atoms with Gasteiger partial charge in [0, 0.05) is 27.2 Å². The van der Waals surface area contributed by atoms with Crippen LogP contribution in [0.2, 0.25) is 0 Å². The number of benzene rings is 2. The molecule has 0 saturated heterocycles. The number of hydrogen-bond donors (Lipinski definition) is 0. The van der Waals surface area contributed by atoms with Crippen molar-refractivity contribution in [3.63, 3.8) is 0 Å². The first-order valence-electron chi connectivity index (χ1n) is 7.92. The summed E-state index contributed by atoms with van der Waals surface area (Å²) in [5, 5.41) is 0. The summed E-state index contributed by atoms with van der Waals surface area (Å²) in [6.45, 7) is 0.359. The van der Waals surface area contributed by atoms with Crippen LogP contribution in [-0.4, -0.2) is 46.1 Å². The maximum Gasteiger partial charge on any atom is 0.243 e. The number of sulfonamides is 2.